The van der Waals surface area contributed by atoms with Crippen molar-refractivity contribution < 1.29 is 24.3 Å². The molecule has 0 aliphatic carbocycles. The van der Waals surface area contributed by atoms with Crippen molar-refractivity contribution in [3.63, 3.8) is 0 Å². The second-order valence-corrected chi connectivity index (χ2v) is 5.97. The Hall–Kier alpha value is -3.19. The third-order valence-electron chi connectivity index (χ3n) is 3.91. The average molecular weight is 373 g/mol. The fourth-order valence-electron chi connectivity index (χ4n) is 2.72. The number of carboxylic acids is 1. The first kappa shape index (κ1) is 17.6. The number of hydrogen-bond acceptors (Lipinski definition) is 4. The van der Waals surface area contributed by atoms with Gasteiger partial charge in [-0.25, -0.2) is 0 Å². The molecule has 26 heavy (non-hydrogen) atoms. The van der Waals surface area contributed by atoms with Crippen molar-refractivity contribution in [3.05, 3.63) is 64.7 Å². The van der Waals surface area contributed by atoms with E-state index in [-0.39, 0.29) is 21.8 Å². The van der Waals surface area contributed by atoms with Crippen LogP contribution in [0.25, 0.3) is 0 Å². The molecule has 0 bridgehead atoms. The van der Waals surface area contributed by atoms with Gasteiger partial charge < -0.3 is 5.11 Å². The van der Waals surface area contributed by atoms with Crippen LogP contribution in [0.15, 0.2) is 48.5 Å². The molecule has 0 atom stereocenters. The van der Waals surface area contributed by atoms with Crippen LogP contribution < -0.4 is 4.90 Å². The Labute approximate surface area is 153 Å². The average Bonchev–Trinajstić information content (AvgIpc) is 2.85. The summed E-state index contributed by atoms with van der Waals surface area (Å²) in [7, 11) is 0. The van der Waals surface area contributed by atoms with Gasteiger partial charge in [0.25, 0.3) is 11.8 Å². The number of aliphatic carboxylic acids is 1. The van der Waals surface area contributed by atoms with Gasteiger partial charge in [-0.1, -0.05) is 35.9 Å². The van der Waals surface area contributed by atoms with Crippen LogP contribution in [0.5, 0.6) is 0 Å². The smallest absolute Gasteiger partial charge is 0.323 e. The Kier molecular flexibility index (Phi) is 4.73. The SMILES string of the molecule is O=C(O)CN(C(=O)CN1C(=O)c2ccccc2C1=O)c1ccccc1Cl. The minimum Gasteiger partial charge on any atom is -0.480 e. The number of carbonyl (C=O) groups is 4. The van der Waals surface area contributed by atoms with E-state index in [1.165, 1.54) is 24.3 Å². The zero-order chi connectivity index (χ0) is 18.8. The van der Waals surface area contributed by atoms with E-state index < -0.39 is 36.8 Å². The van der Waals surface area contributed by atoms with Crippen molar-refractivity contribution in [1.82, 2.24) is 4.90 Å². The number of benzene rings is 2. The Morgan fingerprint density at radius 2 is 1.50 bits per heavy atom. The quantitative estimate of drug-likeness (QED) is 0.810. The third-order valence-corrected chi connectivity index (χ3v) is 4.23. The molecular formula is C18H13ClN2O5. The molecule has 2 aromatic carbocycles. The lowest BCUT2D eigenvalue weighted by Crippen LogP contribution is -2.44. The molecule has 0 unspecified atom stereocenters. The summed E-state index contributed by atoms with van der Waals surface area (Å²) in [5.41, 5.74) is 0.624. The monoisotopic (exact) mass is 372 g/mol. The van der Waals surface area contributed by atoms with Crippen molar-refractivity contribution in [2.75, 3.05) is 18.0 Å². The number of carbonyl (C=O) groups excluding carboxylic acids is 3. The van der Waals surface area contributed by atoms with Gasteiger partial charge in [0.15, 0.2) is 0 Å². The number of rotatable bonds is 5. The van der Waals surface area contributed by atoms with E-state index in [2.05, 4.69) is 0 Å². The maximum Gasteiger partial charge on any atom is 0.323 e. The molecule has 1 aliphatic heterocycles. The molecule has 0 aromatic heterocycles. The fourth-order valence-corrected chi connectivity index (χ4v) is 2.95. The number of fused-ring (bicyclic) bond motifs is 1. The molecule has 132 valence electrons. The first-order valence-electron chi connectivity index (χ1n) is 7.62. The lowest BCUT2D eigenvalue weighted by molar-refractivity contribution is -0.136. The highest BCUT2D eigenvalue weighted by Crippen LogP contribution is 2.27. The molecule has 0 fully saturated rings. The number of hydrogen-bond donors (Lipinski definition) is 1. The highest BCUT2D eigenvalue weighted by molar-refractivity contribution is 6.34. The van der Waals surface area contributed by atoms with E-state index in [4.69, 9.17) is 16.7 Å². The minimum atomic E-state index is -1.25. The zero-order valence-corrected chi connectivity index (χ0v) is 14.1. The van der Waals surface area contributed by atoms with Crippen molar-refractivity contribution in [2.24, 2.45) is 0 Å². The molecule has 0 saturated heterocycles. The summed E-state index contributed by atoms with van der Waals surface area (Å²) in [6.07, 6.45) is 0. The van der Waals surface area contributed by atoms with Crippen LogP contribution in [-0.2, 0) is 9.59 Å². The molecule has 3 rings (SSSR count). The summed E-state index contributed by atoms with van der Waals surface area (Å²) >= 11 is 6.06. The number of imide groups is 1. The number of para-hydroxylation sites is 1. The molecule has 0 spiro atoms. The molecule has 1 N–H and O–H groups in total. The van der Waals surface area contributed by atoms with Crippen LogP contribution in [0.1, 0.15) is 20.7 Å². The zero-order valence-electron chi connectivity index (χ0n) is 13.4. The topological polar surface area (TPSA) is 95.0 Å². The fraction of sp³-hybridized carbons (Fsp3) is 0.111. The van der Waals surface area contributed by atoms with Gasteiger partial charge in [-0.3, -0.25) is 29.0 Å². The highest BCUT2D eigenvalue weighted by Gasteiger charge is 2.37. The molecule has 7 nitrogen and oxygen atoms in total. The predicted molar refractivity (Wildman–Crippen MR) is 93.2 cm³/mol. The van der Waals surface area contributed by atoms with Crippen LogP contribution in [0, 0.1) is 0 Å². The molecule has 8 heteroatoms. The molecule has 0 saturated carbocycles. The summed E-state index contributed by atoms with van der Waals surface area (Å²) in [5, 5.41) is 9.29. The predicted octanol–water partition coefficient (Wildman–Crippen LogP) is 2.05. The number of nitrogens with zero attached hydrogens (tertiary/aromatic N) is 2. The van der Waals surface area contributed by atoms with Crippen LogP contribution in [0.4, 0.5) is 5.69 Å². The van der Waals surface area contributed by atoms with Gasteiger partial charge >= 0.3 is 5.97 Å². The Morgan fingerprint density at radius 1 is 0.962 bits per heavy atom. The van der Waals surface area contributed by atoms with Gasteiger partial charge in [-0.2, -0.15) is 0 Å². The van der Waals surface area contributed by atoms with Crippen LogP contribution >= 0.6 is 11.6 Å². The van der Waals surface area contributed by atoms with Crippen LogP contribution in [-0.4, -0.2) is 46.8 Å². The second-order valence-electron chi connectivity index (χ2n) is 5.57. The summed E-state index contributed by atoms with van der Waals surface area (Å²) in [5.74, 6) is -3.16. The van der Waals surface area contributed by atoms with Crippen molar-refractivity contribution in [2.45, 2.75) is 0 Å². The van der Waals surface area contributed by atoms with Crippen LogP contribution in [0.2, 0.25) is 5.02 Å². The first-order valence-corrected chi connectivity index (χ1v) is 8.00. The maximum atomic E-state index is 12.7. The standard InChI is InChI=1S/C18H13ClN2O5/c19-13-7-3-4-8-14(13)20(10-16(23)24)15(22)9-21-17(25)11-5-1-2-6-12(11)18(21)26/h1-8H,9-10H2,(H,23,24). The van der Waals surface area contributed by atoms with Crippen molar-refractivity contribution in [3.8, 4) is 0 Å². The Bertz CT molecular complexity index is 892. The summed E-state index contributed by atoms with van der Waals surface area (Å²) < 4.78 is 0. The summed E-state index contributed by atoms with van der Waals surface area (Å²) in [6, 6.07) is 12.5. The molecule has 0 radical (unpaired) electrons. The number of carboxylic acid groups (broad SMARTS) is 1. The normalized spacial score (nSPS) is 12.9. The van der Waals surface area contributed by atoms with Crippen molar-refractivity contribution >= 4 is 41.0 Å². The summed E-state index contributed by atoms with van der Waals surface area (Å²) in [4.78, 5) is 50.4. The van der Waals surface area contributed by atoms with Crippen molar-refractivity contribution in [1.29, 1.82) is 0 Å². The van der Waals surface area contributed by atoms with E-state index in [9.17, 15) is 19.2 Å². The lowest BCUT2D eigenvalue weighted by Gasteiger charge is -2.24. The van der Waals surface area contributed by atoms with Gasteiger partial charge in [-0.15, -0.1) is 0 Å². The largest absolute Gasteiger partial charge is 0.480 e. The van der Waals surface area contributed by atoms with Gasteiger partial charge in [-0.05, 0) is 24.3 Å². The van der Waals surface area contributed by atoms with Gasteiger partial charge in [0.1, 0.15) is 13.1 Å². The number of anilines is 1. The second kappa shape index (κ2) is 6.97. The lowest BCUT2D eigenvalue weighted by atomic mass is 10.1. The molecule has 1 aliphatic rings. The van der Waals surface area contributed by atoms with E-state index in [0.717, 1.165) is 9.80 Å². The van der Waals surface area contributed by atoms with E-state index >= 15 is 0 Å². The van der Waals surface area contributed by atoms with E-state index in [0.29, 0.717) is 0 Å². The highest BCUT2D eigenvalue weighted by atomic mass is 35.5. The maximum absolute atomic E-state index is 12.7. The van der Waals surface area contributed by atoms with Gasteiger partial charge in [0.05, 0.1) is 21.8 Å². The minimum absolute atomic E-state index is 0.185. The molecule has 2 aromatic rings. The first-order chi connectivity index (χ1) is 12.4. The number of amides is 3. The van der Waals surface area contributed by atoms with Gasteiger partial charge in [0, 0.05) is 0 Å². The van der Waals surface area contributed by atoms with E-state index in [1.54, 1.807) is 24.3 Å². The van der Waals surface area contributed by atoms with E-state index in [1.807, 2.05) is 0 Å². The molecule has 1 heterocycles. The molecular weight excluding hydrogens is 360 g/mol. The van der Waals surface area contributed by atoms with Gasteiger partial charge in [0.2, 0.25) is 5.91 Å². The molecule has 3 amide bonds. The Morgan fingerprint density at radius 3 is 2.04 bits per heavy atom. The third kappa shape index (κ3) is 3.16. The Balaban J connectivity index is 1.88. The summed E-state index contributed by atoms with van der Waals surface area (Å²) in [6.45, 7) is -1.23. The number of halogens is 1. The van der Waals surface area contributed by atoms with Crippen LogP contribution in [0.3, 0.4) is 0 Å².